The van der Waals surface area contributed by atoms with Gasteiger partial charge in [0.25, 0.3) is 5.91 Å². The second-order valence-electron chi connectivity index (χ2n) is 2.23. The van der Waals surface area contributed by atoms with Crippen LogP contribution < -0.4 is 5.73 Å². The lowest BCUT2D eigenvalue weighted by Gasteiger charge is -2.03. The summed E-state index contributed by atoms with van der Waals surface area (Å²) in [5.41, 5.74) is 4.72. The maximum atomic E-state index is 10.6. The summed E-state index contributed by atoms with van der Waals surface area (Å²) in [5.74, 6) is -1.24. The minimum Gasteiger partial charge on any atom is -0.455 e. The van der Waals surface area contributed by atoms with Crippen molar-refractivity contribution in [2.24, 2.45) is 11.7 Å². The summed E-state index contributed by atoms with van der Waals surface area (Å²) in [4.78, 5) is 20.7. The van der Waals surface area contributed by atoms with Crippen LogP contribution in [0.15, 0.2) is 0 Å². The third-order valence-electron chi connectivity index (χ3n) is 0.828. The Bertz CT molecular complexity index is 142. The van der Waals surface area contributed by atoms with Crippen LogP contribution in [-0.2, 0) is 14.3 Å². The van der Waals surface area contributed by atoms with E-state index in [1.165, 1.54) is 0 Å². The zero-order chi connectivity index (χ0) is 8.15. The predicted molar refractivity (Wildman–Crippen MR) is 35.0 cm³/mol. The van der Waals surface area contributed by atoms with Crippen molar-refractivity contribution in [3.8, 4) is 0 Å². The van der Waals surface area contributed by atoms with Crippen molar-refractivity contribution in [1.29, 1.82) is 0 Å². The van der Waals surface area contributed by atoms with Crippen LogP contribution >= 0.6 is 0 Å². The molecule has 0 fully saturated rings. The van der Waals surface area contributed by atoms with Crippen LogP contribution in [0, 0.1) is 5.92 Å². The molecule has 0 aliphatic rings. The summed E-state index contributed by atoms with van der Waals surface area (Å²) in [7, 11) is 0. The van der Waals surface area contributed by atoms with Crippen LogP contribution in [0.5, 0.6) is 0 Å². The van der Waals surface area contributed by atoms with E-state index in [2.05, 4.69) is 4.74 Å². The molecule has 4 heteroatoms. The number of amides is 1. The van der Waals surface area contributed by atoms with Crippen molar-refractivity contribution >= 4 is 11.9 Å². The van der Waals surface area contributed by atoms with Gasteiger partial charge < -0.3 is 10.5 Å². The number of esters is 1. The van der Waals surface area contributed by atoms with Gasteiger partial charge in [0.15, 0.2) is 6.61 Å². The SMILES string of the molecule is CC(C)C(=O)OCC(N)=O. The number of rotatable bonds is 3. The number of carbonyl (C=O) groups excluding carboxylic acids is 2. The van der Waals surface area contributed by atoms with Crippen molar-refractivity contribution in [2.75, 3.05) is 6.61 Å². The zero-order valence-electron chi connectivity index (χ0n) is 6.09. The molecule has 0 saturated carbocycles. The Hall–Kier alpha value is -1.06. The predicted octanol–water partition coefficient (Wildman–Crippen LogP) is -0.329. The standard InChI is InChI=1S/C6H11NO3/c1-4(2)6(9)10-3-5(7)8/h4H,3H2,1-2H3,(H2,7,8). The third-order valence-corrected chi connectivity index (χ3v) is 0.828. The molecule has 0 bridgehead atoms. The Morgan fingerprint density at radius 3 is 2.30 bits per heavy atom. The van der Waals surface area contributed by atoms with Gasteiger partial charge in [0.2, 0.25) is 0 Å². The van der Waals surface area contributed by atoms with Crippen molar-refractivity contribution in [3.05, 3.63) is 0 Å². The van der Waals surface area contributed by atoms with E-state index in [9.17, 15) is 9.59 Å². The Morgan fingerprint density at radius 1 is 1.50 bits per heavy atom. The number of primary amides is 1. The summed E-state index contributed by atoms with van der Waals surface area (Å²) >= 11 is 0. The number of nitrogens with two attached hydrogens (primary N) is 1. The quantitative estimate of drug-likeness (QED) is 0.553. The fourth-order valence-electron chi connectivity index (χ4n) is 0.309. The van der Waals surface area contributed by atoms with Crippen LogP contribution in [0.2, 0.25) is 0 Å². The Balaban J connectivity index is 3.50. The topological polar surface area (TPSA) is 69.4 Å². The molecular weight excluding hydrogens is 134 g/mol. The molecule has 58 valence electrons. The average molecular weight is 145 g/mol. The minimum atomic E-state index is -0.631. The van der Waals surface area contributed by atoms with E-state index in [1.54, 1.807) is 13.8 Å². The molecule has 0 rings (SSSR count). The van der Waals surface area contributed by atoms with Gasteiger partial charge in [-0.05, 0) is 0 Å². The van der Waals surface area contributed by atoms with Gasteiger partial charge in [-0.25, -0.2) is 0 Å². The molecule has 0 aromatic carbocycles. The van der Waals surface area contributed by atoms with Crippen molar-refractivity contribution in [2.45, 2.75) is 13.8 Å². The molecule has 0 saturated heterocycles. The number of hydrogen-bond donors (Lipinski definition) is 1. The van der Waals surface area contributed by atoms with Gasteiger partial charge in [-0.3, -0.25) is 9.59 Å². The molecule has 0 aliphatic carbocycles. The molecule has 0 spiro atoms. The van der Waals surface area contributed by atoms with Crippen LogP contribution in [0.3, 0.4) is 0 Å². The van der Waals surface area contributed by atoms with Crippen LogP contribution in [-0.4, -0.2) is 18.5 Å². The van der Waals surface area contributed by atoms with Crippen LogP contribution in [0.4, 0.5) is 0 Å². The molecule has 0 aliphatic heterocycles. The van der Waals surface area contributed by atoms with E-state index in [1.807, 2.05) is 0 Å². The molecule has 2 N–H and O–H groups in total. The molecule has 10 heavy (non-hydrogen) atoms. The van der Waals surface area contributed by atoms with E-state index in [4.69, 9.17) is 5.73 Å². The Labute approximate surface area is 59.3 Å². The van der Waals surface area contributed by atoms with Gasteiger partial charge in [0.1, 0.15) is 0 Å². The highest BCUT2D eigenvalue weighted by Crippen LogP contribution is 1.94. The summed E-state index contributed by atoms with van der Waals surface area (Å²) in [5, 5.41) is 0. The molecule has 4 nitrogen and oxygen atoms in total. The highest BCUT2D eigenvalue weighted by molar-refractivity contribution is 5.79. The molecule has 0 unspecified atom stereocenters. The first-order chi connectivity index (χ1) is 4.54. The highest BCUT2D eigenvalue weighted by Gasteiger charge is 2.08. The largest absolute Gasteiger partial charge is 0.455 e. The minimum absolute atomic E-state index is 0.209. The highest BCUT2D eigenvalue weighted by atomic mass is 16.5. The fourth-order valence-corrected chi connectivity index (χ4v) is 0.309. The second-order valence-corrected chi connectivity index (χ2v) is 2.23. The maximum absolute atomic E-state index is 10.6. The zero-order valence-corrected chi connectivity index (χ0v) is 6.09. The average Bonchev–Trinajstić information content (AvgIpc) is 1.82. The number of hydrogen-bond acceptors (Lipinski definition) is 3. The normalized spacial score (nSPS) is 9.50. The Morgan fingerprint density at radius 2 is 2.00 bits per heavy atom. The molecule has 0 atom stereocenters. The van der Waals surface area contributed by atoms with Crippen LogP contribution in [0.25, 0.3) is 0 Å². The lowest BCUT2D eigenvalue weighted by atomic mass is 10.2. The molecule has 0 aromatic rings. The van der Waals surface area contributed by atoms with E-state index in [0.29, 0.717) is 0 Å². The maximum Gasteiger partial charge on any atom is 0.308 e. The molecule has 0 heterocycles. The fraction of sp³-hybridized carbons (Fsp3) is 0.667. The number of carbonyl (C=O) groups is 2. The summed E-state index contributed by atoms with van der Waals surface area (Å²) in [6.07, 6.45) is 0. The summed E-state index contributed by atoms with van der Waals surface area (Å²) < 4.78 is 4.45. The van der Waals surface area contributed by atoms with Crippen molar-refractivity contribution in [3.63, 3.8) is 0 Å². The smallest absolute Gasteiger partial charge is 0.308 e. The van der Waals surface area contributed by atoms with E-state index in [-0.39, 0.29) is 12.5 Å². The van der Waals surface area contributed by atoms with Gasteiger partial charge in [-0.15, -0.1) is 0 Å². The van der Waals surface area contributed by atoms with E-state index in [0.717, 1.165) is 0 Å². The molecular formula is C6H11NO3. The van der Waals surface area contributed by atoms with E-state index < -0.39 is 11.9 Å². The second kappa shape index (κ2) is 3.87. The molecule has 0 aromatic heterocycles. The van der Waals surface area contributed by atoms with Gasteiger partial charge in [-0.2, -0.15) is 0 Å². The lowest BCUT2D eigenvalue weighted by Crippen LogP contribution is -2.22. The first kappa shape index (κ1) is 8.94. The Kier molecular flexibility index (Phi) is 3.46. The van der Waals surface area contributed by atoms with Gasteiger partial charge >= 0.3 is 5.97 Å². The molecule has 0 radical (unpaired) electrons. The van der Waals surface area contributed by atoms with Gasteiger partial charge in [-0.1, -0.05) is 13.8 Å². The summed E-state index contributed by atoms with van der Waals surface area (Å²) in [6.45, 7) is 3.05. The van der Waals surface area contributed by atoms with Gasteiger partial charge in [0.05, 0.1) is 5.92 Å². The summed E-state index contributed by atoms with van der Waals surface area (Å²) in [6, 6.07) is 0. The van der Waals surface area contributed by atoms with Crippen molar-refractivity contribution in [1.82, 2.24) is 0 Å². The van der Waals surface area contributed by atoms with Crippen molar-refractivity contribution < 1.29 is 14.3 Å². The van der Waals surface area contributed by atoms with Crippen LogP contribution in [0.1, 0.15) is 13.8 Å². The first-order valence-corrected chi connectivity index (χ1v) is 2.99. The third kappa shape index (κ3) is 3.88. The lowest BCUT2D eigenvalue weighted by molar-refractivity contribution is -0.150. The number of ether oxygens (including phenoxy) is 1. The van der Waals surface area contributed by atoms with E-state index >= 15 is 0 Å². The molecule has 1 amide bonds. The van der Waals surface area contributed by atoms with Gasteiger partial charge in [0, 0.05) is 0 Å². The first-order valence-electron chi connectivity index (χ1n) is 2.99. The monoisotopic (exact) mass is 145 g/mol.